The number of rotatable bonds is 3. The number of hydrogen-bond donors (Lipinski definition) is 0. The van der Waals surface area contributed by atoms with Crippen LogP contribution in [0.15, 0.2) is 24.3 Å². The van der Waals surface area contributed by atoms with E-state index >= 15 is 0 Å². The lowest BCUT2D eigenvalue weighted by Crippen LogP contribution is -2.35. The summed E-state index contributed by atoms with van der Waals surface area (Å²) < 4.78 is 5.44. The predicted octanol–water partition coefficient (Wildman–Crippen LogP) is 4.36. The summed E-state index contributed by atoms with van der Waals surface area (Å²) in [6.45, 7) is 11.0. The summed E-state index contributed by atoms with van der Waals surface area (Å²) in [6.07, 6.45) is 0.499. The standard InChI is InChI=1S/C20H28N2O2/c1-14(2)16-8-6-7-15(9-16)10-17-12-22(13-18(17)11-21)19(23)24-20(3,4)5/h6-9,14,17-18H,10,12-13H2,1-5H3. The molecule has 2 rings (SSSR count). The van der Waals surface area contributed by atoms with Crippen molar-refractivity contribution in [2.24, 2.45) is 11.8 Å². The van der Waals surface area contributed by atoms with Crippen molar-refractivity contribution < 1.29 is 9.53 Å². The van der Waals surface area contributed by atoms with Crippen molar-refractivity contribution in [1.29, 1.82) is 5.26 Å². The molecule has 1 aromatic rings. The van der Waals surface area contributed by atoms with Crippen LogP contribution in [0.5, 0.6) is 0 Å². The molecule has 24 heavy (non-hydrogen) atoms. The average molecular weight is 328 g/mol. The van der Waals surface area contributed by atoms with Gasteiger partial charge in [0.2, 0.25) is 0 Å². The maximum Gasteiger partial charge on any atom is 0.410 e. The first kappa shape index (κ1) is 18.3. The highest BCUT2D eigenvalue weighted by Gasteiger charge is 2.37. The molecule has 130 valence electrons. The van der Waals surface area contributed by atoms with Crippen LogP contribution in [-0.4, -0.2) is 29.7 Å². The van der Waals surface area contributed by atoms with Crippen molar-refractivity contribution in [1.82, 2.24) is 4.90 Å². The summed E-state index contributed by atoms with van der Waals surface area (Å²) >= 11 is 0. The third-order valence-corrected chi connectivity index (χ3v) is 4.37. The van der Waals surface area contributed by atoms with Crippen LogP contribution in [0.2, 0.25) is 0 Å². The topological polar surface area (TPSA) is 53.3 Å². The van der Waals surface area contributed by atoms with Crippen molar-refractivity contribution in [2.45, 2.75) is 52.6 Å². The molecule has 0 bridgehead atoms. The van der Waals surface area contributed by atoms with E-state index < -0.39 is 5.60 Å². The number of amides is 1. The van der Waals surface area contributed by atoms with Crippen LogP contribution in [0, 0.1) is 23.2 Å². The molecule has 1 fully saturated rings. The van der Waals surface area contributed by atoms with Gasteiger partial charge in [-0.25, -0.2) is 4.79 Å². The monoisotopic (exact) mass is 328 g/mol. The summed E-state index contributed by atoms with van der Waals surface area (Å²) in [6, 6.07) is 10.9. The van der Waals surface area contributed by atoms with Crippen molar-refractivity contribution in [3.05, 3.63) is 35.4 Å². The summed E-state index contributed by atoms with van der Waals surface area (Å²) in [5.74, 6) is 0.503. The molecule has 0 spiro atoms. The molecule has 1 aliphatic rings. The number of carbonyl (C=O) groups excluding carboxylic acids is 1. The van der Waals surface area contributed by atoms with E-state index in [2.05, 4.69) is 44.2 Å². The van der Waals surface area contributed by atoms with Gasteiger partial charge in [-0.2, -0.15) is 5.26 Å². The molecule has 0 saturated carbocycles. The Labute approximate surface area is 145 Å². The molecule has 0 radical (unpaired) electrons. The number of nitriles is 1. The lowest BCUT2D eigenvalue weighted by Gasteiger charge is -2.24. The summed E-state index contributed by atoms with van der Waals surface area (Å²) in [7, 11) is 0. The highest BCUT2D eigenvalue weighted by molar-refractivity contribution is 5.68. The first-order chi connectivity index (χ1) is 11.2. The van der Waals surface area contributed by atoms with Gasteiger partial charge in [0.1, 0.15) is 5.60 Å². The first-order valence-corrected chi connectivity index (χ1v) is 8.66. The Bertz CT molecular complexity index is 625. The molecule has 2 unspecified atom stereocenters. The Morgan fingerprint density at radius 1 is 1.38 bits per heavy atom. The van der Waals surface area contributed by atoms with E-state index in [-0.39, 0.29) is 17.9 Å². The molecular formula is C20H28N2O2. The Kier molecular flexibility index (Phi) is 5.54. The predicted molar refractivity (Wildman–Crippen MR) is 94.6 cm³/mol. The third kappa shape index (κ3) is 4.74. The zero-order valence-corrected chi connectivity index (χ0v) is 15.4. The summed E-state index contributed by atoms with van der Waals surface area (Å²) in [5.41, 5.74) is 2.03. The maximum atomic E-state index is 12.3. The van der Waals surface area contributed by atoms with E-state index in [4.69, 9.17) is 4.74 Å². The minimum atomic E-state index is -0.511. The Balaban J connectivity index is 2.06. The molecule has 2 atom stereocenters. The number of likely N-dealkylation sites (tertiary alicyclic amines) is 1. The second-order valence-corrected chi connectivity index (χ2v) is 7.98. The highest BCUT2D eigenvalue weighted by atomic mass is 16.6. The minimum Gasteiger partial charge on any atom is -0.444 e. The van der Waals surface area contributed by atoms with E-state index in [1.807, 2.05) is 20.8 Å². The van der Waals surface area contributed by atoms with Gasteiger partial charge in [-0.1, -0.05) is 38.1 Å². The van der Waals surface area contributed by atoms with Gasteiger partial charge in [-0.15, -0.1) is 0 Å². The van der Waals surface area contributed by atoms with Gasteiger partial charge in [-0.05, 0) is 50.2 Å². The largest absolute Gasteiger partial charge is 0.444 e. The van der Waals surface area contributed by atoms with E-state index in [1.165, 1.54) is 11.1 Å². The molecule has 1 aromatic carbocycles. The van der Waals surface area contributed by atoms with Crippen molar-refractivity contribution in [3.63, 3.8) is 0 Å². The maximum absolute atomic E-state index is 12.3. The van der Waals surface area contributed by atoms with E-state index in [9.17, 15) is 10.1 Å². The van der Waals surface area contributed by atoms with E-state index in [0.717, 1.165) is 6.42 Å². The van der Waals surface area contributed by atoms with Gasteiger partial charge in [0.05, 0.1) is 12.0 Å². The van der Waals surface area contributed by atoms with Crippen LogP contribution >= 0.6 is 0 Å². The number of hydrogen-bond acceptors (Lipinski definition) is 3. The molecule has 0 aromatic heterocycles. The van der Waals surface area contributed by atoms with Gasteiger partial charge in [0.15, 0.2) is 0 Å². The minimum absolute atomic E-state index is 0.139. The number of carbonyl (C=O) groups is 1. The molecule has 4 heteroatoms. The Morgan fingerprint density at radius 2 is 2.08 bits per heavy atom. The fourth-order valence-corrected chi connectivity index (χ4v) is 3.08. The molecule has 0 N–H and O–H groups in total. The lowest BCUT2D eigenvalue weighted by molar-refractivity contribution is 0.0286. The SMILES string of the molecule is CC(C)c1cccc(CC2CN(C(=O)OC(C)(C)C)CC2C#N)c1. The average Bonchev–Trinajstić information content (AvgIpc) is 2.89. The number of ether oxygens (including phenoxy) is 1. The second kappa shape index (κ2) is 7.25. The molecule has 1 aliphatic heterocycles. The van der Waals surface area contributed by atoms with Gasteiger partial charge in [0.25, 0.3) is 0 Å². The van der Waals surface area contributed by atoms with Gasteiger partial charge in [0, 0.05) is 13.1 Å². The molecule has 1 amide bonds. The summed E-state index contributed by atoms with van der Waals surface area (Å²) in [4.78, 5) is 13.9. The van der Waals surface area contributed by atoms with Crippen LogP contribution < -0.4 is 0 Å². The van der Waals surface area contributed by atoms with Crippen LogP contribution in [-0.2, 0) is 11.2 Å². The van der Waals surface area contributed by atoms with Crippen molar-refractivity contribution in [3.8, 4) is 6.07 Å². The van der Waals surface area contributed by atoms with Crippen LogP contribution in [0.3, 0.4) is 0 Å². The Morgan fingerprint density at radius 3 is 2.67 bits per heavy atom. The van der Waals surface area contributed by atoms with E-state index in [1.54, 1.807) is 4.90 Å². The van der Waals surface area contributed by atoms with Gasteiger partial charge >= 0.3 is 6.09 Å². The van der Waals surface area contributed by atoms with E-state index in [0.29, 0.717) is 19.0 Å². The Hall–Kier alpha value is -2.02. The summed E-state index contributed by atoms with van der Waals surface area (Å²) in [5, 5.41) is 9.46. The third-order valence-electron chi connectivity index (χ3n) is 4.37. The van der Waals surface area contributed by atoms with Crippen LogP contribution in [0.25, 0.3) is 0 Å². The quantitative estimate of drug-likeness (QED) is 0.828. The smallest absolute Gasteiger partial charge is 0.410 e. The fraction of sp³-hybridized carbons (Fsp3) is 0.600. The molecule has 4 nitrogen and oxygen atoms in total. The molecule has 1 saturated heterocycles. The second-order valence-electron chi connectivity index (χ2n) is 7.98. The van der Waals surface area contributed by atoms with Gasteiger partial charge < -0.3 is 9.64 Å². The fourth-order valence-electron chi connectivity index (χ4n) is 3.08. The lowest BCUT2D eigenvalue weighted by atomic mass is 9.89. The zero-order chi connectivity index (χ0) is 17.9. The molecule has 0 aliphatic carbocycles. The van der Waals surface area contributed by atoms with Gasteiger partial charge in [-0.3, -0.25) is 0 Å². The molecule has 1 heterocycles. The van der Waals surface area contributed by atoms with Crippen LogP contribution in [0.4, 0.5) is 4.79 Å². The van der Waals surface area contributed by atoms with Crippen LogP contribution in [0.1, 0.15) is 51.7 Å². The normalized spacial score (nSPS) is 21.0. The zero-order valence-electron chi connectivity index (χ0n) is 15.4. The van der Waals surface area contributed by atoms with Crippen molar-refractivity contribution in [2.75, 3.05) is 13.1 Å². The molecular weight excluding hydrogens is 300 g/mol. The number of nitrogens with zero attached hydrogens (tertiary/aromatic N) is 2. The first-order valence-electron chi connectivity index (χ1n) is 8.66. The highest BCUT2D eigenvalue weighted by Crippen LogP contribution is 2.28. The van der Waals surface area contributed by atoms with Crippen molar-refractivity contribution >= 4 is 6.09 Å². The number of benzene rings is 1.